The zero-order valence-electron chi connectivity index (χ0n) is 12.1. The number of likely N-dealkylation sites (N-methyl/N-ethyl adjacent to an activating group) is 1. The third kappa shape index (κ3) is 4.07. The number of likely N-dealkylation sites (tertiary alicyclic amines) is 1. The Kier molecular flexibility index (Phi) is 6.71. The number of hydrogen-bond acceptors (Lipinski definition) is 4. The number of carbonyl (C=O) groups is 2. The van der Waals surface area contributed by atoms with Crippen molar-refractivity contribution in [2.45, 2.75) is 31.3 Å². The van der Waals surface area contributed by atoms with Crippen molar-refractivity contribution in [2.75, 3.05) is 40.4 Å². The quantitative estimate of drug-likeness (QED) is 0.789. The molecule has 0 aromatic carbocycles. The average Bonchev–Trinajstić information content (AvgIpc) is 2.88. The lowest BCUT2D eigenvalue weighted by Crippen LogP contribution is -2.49. The Morgan fingerprint density at radius 2 is 2.15 bits per heavy atom. The molecule has 0 spiro atoms. The molecule has 0 aliphatic carbocycles. The van der Waals surface area contributed by atoms with Crippen LogP contribution >= 0.6 is 12.4 Å². The fraction of sp³-hybridized carbons (Fsp3) is 0.846. The van der Waals surface area contributed by atoms with Crippen molar-refractivity contribution < 1.29 is 14.3 Å². The molecule has 2 unspecified atom stereocenters. The van der Waals surface area contributed by atoms with Crippen molar-refractivity contribution in [1.82, 2.24) is 15.1 Å². The summed E-state index contributed by atoms with van der Waals surface area (Å²) in [5.41, 5.74) is 0. The Morgan fingerprint density at radius 3 is 2.75 bits per heavy atom. The molecule has 2 heterocycles. The molecule has 1 N–H and O–H groups in total. The van der Waals surface area contributed by atoms with Gasteiger partial charge in [0.2, 0.25) is 11.8 Å². The largest absolute Gasteiger partial charge is 0.378 e. The van der Waals surface area contributed by atoms with E-state index in [0.29, 0.717) is 26.2 Å². The van der Waals surface area contributed by atoms with E-state index in [1.54, 1.807) is 23.9 Å². The predicted molar refractivity (Wildman–Crippen MR) is 77.9 cm³/mol. The molecule has 0 radical (unpaired) electrons. The van der Waals surface area contributed by atoms with E-state index in [-0.39, 0.29) is 36.3 Å². The SMILES string of the molecule is CN(C)C(=O)C1CCCN1C(=O)CC1COCCN1.Cl. The van der Waals surface area contributed by atoms with Gasteiger partial charge in [0.1, 0.15) is 6.04 Å². The minimum absolute atomic E-state index is 0. The minimum Gasteiger partial charge on any atom is -0.378 e. The van der Waals surface area contributed by atoms with Crippen molar-refractivity contribution in [3.8, 4) is 0 Å². The van der Waals surface area contributed by atoms with Crippen molar-refractivity contribution in [3.63, 3.8) is 0 Å². The highest BCUT2D eigenvalue weighted by Gasteiger charge is 2.35. The highest BCUT2D eigenvalue weighted by molar-refractivity contribution is 5.88. The third-order valence-corrected chi connectivity index (χ3v) is 3.72. The second-order valence-electron chi connectivity index (χ2n) is 5.41. The maximum Gasteiger partial charge on any atom is 0.244 e. The van der Waals surface area contributed by atoms with Gasteiger partial charge in [0.25, 0.3) is 0 Å². The summed E-state index contributed by atoms with van der Waals surface area (Å²) in [6.45, 7) is 2.76. The van der Waals surface area contributed by atoms with Crippen LogP contribution in [0.25, 0.3) is 0 Å². The highest BCUT2D eigenvalue weighted by atomic mass is 35.5. The lowest BCUT2D eigenvalue weighted by atomic mass is 10.1. The first-order valence-electron chi connectivity index (χ1n) is 6.91. The van der Waals surface area contributed by atoms with E-state index < -0.39 is 0 Å². The Hall–Kier alpha value is -0.850. The normalized spacial score (nSPS) is 26.0. The van der Waals surface area contributed by atoms with Gasteiger partial charge in [-0.05, 0) is 12.8 Å². The van der Waals surface area contributed by atoms with Crippen LogP contribution in [0.4, 0.5) is 0 Å². The number of ether oxygens (including phenoxy) is 1. The Bertz CT molecular complexity index is 346. The Morgan fingerprint density at radius 1 is 1.40 bits per heavy atom. The van der Waals surface area contributed by atoms with Crippen LogP contribution in [-0.2, 0) is 14.3 Å². The summed E-state index contributed by atoms with van der Waals surface area (Å²) in [4.78, 5) is 27.7. The molecule has 0 bridgehead atoms. The molecule has 20 heavy (non-hydrogen) atoms. The zero-order valence-corrected chi connectivity index (χ0v) is 12.9. The van der Waals surface area contributed by atoms with Gasteiger partial charge >= 0.3 is 0 Å². The number of halogens is 1. The van der Waals surface area contributed by atoms with E-state index >= 15 is 0 Å². The lowest BCUT2D eigenvalue weighted by Gasteiger charge is -2.29. The number of nitrogens with one attached hydrogen (secondary N) is 1. The molecule has 6 nitrogen and oxygen atoms in total. The monoisotopic (exact) mass is 305 g/mol. The molecular weight excluding hydrogens is 282 g/mol. The summed E-state index contributed by atoms with van der Waals surface area (Å²) < 4.78 is 5.35. The molecule has 0 aromatic rings. The molecule has 2 fully saturated rings. The molecule has 2 saturated heterocycles. The first kappa shape index (κ1) is 17.2. The summed E-state index contributed by atoms with van der Waals surface area (Å²) in [7, 11) is 3.47. The topological polar surface area (TPSA) is 61.9 Å². The van der Waals surface area contributed by atoms with Gasteiger partial charge in [-0.1, -0.05) is 0 Å². The van der Waals surface area contributed by atoms with E-state index in [4.69, 9.17) is 4.74 Å². The van der Waals surface area contributed by atoms with E-state index in [0.717, 1.165) is 19.4 Å². The second-order valence-corrected chi connectivity index (χ2v) is 5.41. The lowest BCUT2D eigenvalue weighted by molar-refractivity contribution is -0.142. The molecule has 2 amide bonds. The smallest absolute Gasteiger partial charge is 0.244 e. The third-order valence-electron chi connectivity index (χ3n) is 3.72. The second kappa shape index (κ2) is 7.81. The van der Waals surface area contributed by atoms with Crippen LogP contribution in [0.5, 0.6) is 0 Å². The average molecular weight is 306 g/mol. The molecule has 2 aliphatic heterocycles. The van der Waals surface area contributed by atoms with Crippen molar-refractivity contribution in [3.05, 3.63) is 0 Å². The van der Waals surface area contributed by atoms with Gasteiger partial charge in [-0.2, -0.15) is 0 Å². The maximum atomic E-state index is 12.3. The molecular formula is C13H24ClN3O3. The van der Waals surface area contributed by atoms with Crippen LogP contribution in [0.15, 0.2) is 0 Å². The first-order chi connectivity index (χ1) is 9.09. The number of carbonyl (C=O) groups excluding carboxylic acids is 2. The highest BCUT2D eigenvalue weighted by Crippen LogP contribution is 2.20. The maximum absolute atomic E-state index is 12.3. The van der Waals surface area contributed by atoms with Crippen LogP contribution < -0.4 is 5.32 Å². The van der Waals surface area contributed by atoms with Gasteiger partial charge < -0.3 is 19.9 Å². The number of nitrogens with zero attached hydrogens (tertiary/aromatic N) is 2. The number of rotatable bonds is 3. The molecule has 2 aliphatic rings. The zero-order chi connectivity index (χ0) is 13.8. The van der Waals surface area contributed by atoms with Crippen molar-refractivity contribution in [1.29, 1.82) is 0 Å². The summed E-state index contributed by atoms with van der Waals surface area (Å²) in [6, 6.07) is -0.191. The molecule has 2 rings (SSSR count). The van der Waals surface area contributed by atoms with Crippen LogP contribution in [0, 0.1) is 0 Å². The minimum atomic E-state index is -0.271. The summed E-state index contributed by atoms with van der Waals surface area (Å²) in [6.07, 6.45) is 2.10. The molecule has 7 heteroatoms. The molecule has 0 saturated carbocycles. The first-order valence-corrected chi connectivity index (χ1v) is 6.91. The van der Waals surface area contributed by atoms with Crippen LogP contribution in [0.2, 0.25) is 0 Å². The van der Waals surface area contributed by atoms with Crippen LogP contribution in [0.1, 0.15) is 19.3 Å². The van der Waals surface area contributed by atoms with Gasteiger partial charge in [0.05, 0.1) is 13.2 Å². The van der Waals surface area contributed by atoms with E-state index in [1.165, 1.54) is 0 Å². The summed E-state index contributed by atoms with van der Waals surface area (Å²) >= 11 is 0. The number of amides is 2. The van der Waals surface area contributed by atoms with Crippen molar-refractivity contribution in [2.24, 2.45) is 0 Å². The van der Waals surface area contributed by atoms with Gasteiger partial charge in [-0.25, -0.2) is 0 Å². The van der Waals surface area contributed by atoms with Gasteiger partial charge in [0.15, 0.2) is 0 Å². The fourth-order valence-corrected chi connectivity index (χ4v) is 2.70. The number of hydrogen-bond donors (Lipinski definition) is 1. The predicted octanol–water partition coefficient (Wildman–Crippen LogP) is -0.134. The fourth-order valence-electron chi connectivity index (χ4n) is 2.70. The summed E-state index contributed by atoms with van der Waals surface area (Å²) in [5, 5.41) is 3.27. The summed E-state index contributed by atoms with van der Waals surface area (Å²) in [5.74, 6) is 0.0828. The van der Waals surface area contributed by atoms with Gasteiger partial charge in [-0.15, -0.1) is 12.4 Å². The Labute approximate surface area is 126 Å². The standard InChI is InChI=1S/C13H23N3O3.ClH/c1-15(2)13(18)11-4-3-6-16(11)12(17)8-10-9-19-7-5-14-10;/h10-11,14H,3-9H2,1-2H3;1H. The van der Waals surface area contributed by atoms with E-state index in [1.807, 2.05) is 0 Å². The van der Waals surface area contributed by atoms with Crippen LogP contribution in [0.3, 0.4) is 0 Å². The molecule has 116 valence electrons. The molecule has 2 atom stereocenters. The van der Waals surface area contributed by atoms with Gasteiger partial charge in [0, 0.05) is 39.6 Å². The Balaban J connectivity index is 0.00000200. The van der Waals surface area contributed by atoms with E-state index in [9.17, 15) is 9.59 Å². The van der Waals surface area contributed by atoms with Gasteiger partial charge in [-0.3, -0.25) is 9.59 Å². The number of morpholine rings is 1. The van der Waals surface area contributed by atoms with Crippen LogP contribution in [-0.4, -0.2) is 74.1 Å². The van der Waals surface area contributed by atoms with Crippen molar-refractivity contribution >= 4 is 24.2 Å². The van der Waals surface area contributed by atoms with E-state index in [2.05, 4.69) is 5.32 Å². The molecule has 0 aromatic heterocycles.